The van der Waals surface area contributed by atoms with Crippen LogP contribution in [0.2, 0.25) is 0 Å². The molecule has 170 valence electrons. The number of nitrogens with zero attached hydrogens (tertiary/aromatic N) is 5. The molecule has 3 aromatic rings. The van der Waals surface area contributed by atoms with Gasteiger partial charge in [-0.05, 0) is 41.2 Å². The number of methoxy groups -OCH3 is 1. The van der Waals surface area contributed by atoms with E-state index in [1.807, 2.05) is 23.1 Å². The lowest BCUT2D eigenvalue weighted by Gasteiger charge is -2.23. The van der Waals surface area contributed by atoms with E-state index >= 15 is 0 Å². The van der Waals surface area contributed by atoms with E-state index in [1.54, 1.807) is 7.11 Å². The zero-order chi connectivity index (χ0) is 22.7. The number of nitrogens with one attached hydrogen (secondary N) is 1. The highest BCUT2D eigenvalue weighted by atomic mass is 16.5. The van der Waals surface area contributed by atoms with Crippen LogP contribution >= 0.6 is 0 Å². The summed E-state index contributed by atoms with van der Waals surface area (Å²) in [6.45, 7) is 1.21. The number of tetrazole rings is 1. The Labute approximate surface area is 193 Å². The van der Waals surface area contributed by atoms with Gasteiger partial charge in [0.25, 0.3) is 5.91 Å². The first kappa shape index (κ1) is 21.5. The van der Waals surface area contributed by atoms with E-state index in [-0.39, 0.29) is 5.91 Å². The highest BCUT2D eigenvalue weighted by Gasteiger charge is 2.49. The summed E-state index contributed by atoms with van der Waals surface area (Å²) in [6, 6.07) is 16.3. The Balaban J connectivity index is 1.37. The molecule has 1 N–H and O–H groups in total. The maximum absolute atomic E-state index is 13.4. The first-order chi connectivity index (χ1) is 16.2. The van der Waals surface area contributed by atoms with Crippen LogP contribution in [0.15, 0.2) is 53.5 Å². The van der Waals surface area contributed by atoms with Crippen LogP contribution in [0, 0.1) is 0 Å². The number of H-pyrrole nitrogens is 1. The molecule has 0 radical (unpaired) electrons. The van der Waals surface area contributed by atoms with Gasteiger partial charge in [0.1, 0.15) is 11.4 Å². The van der Waals surface area contributed by atoms with Gasteiger partial charge in [0.05, 0.1) is 6.54 Å². The number of aliphatic imine (C=N–C) groups is 1. The van der Waals surface area contributed by atoms with Crippen molar-refractivity contribution in [2.24, 2.45) is 4.99 Å². The first-order valence-corrected chi connectivity index (χ1v) is 11.5. The summed E-state index contributed by atoms with van der Waals surface area (Å²) < 4.78 is 5.22. The summed E-state index contributed by atoms with van der Waals surface area (Å²) >= 11 is 0. The van der Waals surface area contributed by atoms with Crippen LogP contribution in [0.3, 0.4) is 0 Å². The van der Waals surface area contributed by atoms with Crippen LogP contribution in [0.25, 0.3) is 22.5 Å². The maximum Gasteiger partial charge on any atom is 0.256 e. The SMILES string of the molecule is COCCCC1=NC2(CCCC2)C(=O)N1Cc1ccc(-c2ccccc2-c2nn[nH]n2)cc1. The zero-order valence-electron chi connectivity index (χ0n) is 18.8. The molecule has 2 aromatic carbocycles. The first-order valence-electron chi connectivity index (χ1n) is 11.5. The molecule has 8 heteroatoms. The number of aromatic nitrogens is 4. The van der Waals surface area contributed by atoms with E-state index in [0.717, 1.165) is 66.6 Å². The summed E-state index contributed by atoms with van der Waals surface area (Å²) in [5.41, 5.74) is 3.58. The number of aromatic amines is 1. The number of ether oxygens (including phenoxy) is 1. The number of amides is 1. The van der Waals surface area contributed by atoms with E-state index in [1.165, 1.54) is 0 Å². The second-order valence-electron chi connectivity index (χ2n) is 8.73. The van der Waals surface area contributed by atoms with Crippen LogP contribution in [-0.2, 0) is 16.1 Å². The van der Waals surface area contributed by atoms with Crippen LogP contribution in [0.4, 0.5) is 0 Å². The summed E-state index contributed by atoms with van der Waals surface area (Å²) in [5.74, 6) is 1.64. The molecular formula is C25H28N6O2. The largest absolute Gasteiger partial charge is 0.385 e. The molecule has 1 aliphatic carbocycles. The highest BCUT2D eigenvalue weighted by Crippen LogP contribution is 2.40. The Morgan fingerprint density at radius 1 is 1.06 bits per heavy atom. The van der Waals surface area contributed by atoms with Crippen molar-refractivity contribution in [3.63, 3.8) is 0 Å². The molecule has 0 saturated heterocycles. The molecular weight excluding hydrogens is 416 g/mol. The van der Waals surface area contributed by atoms with Gasteiger partial charge in [0.15, 0.2) is 0 Å². The molecule has 0 atom stereocenters. The van der Waals surface area contributed by atoms with Gasteiger partial charge in [0.2, 0.25) is 5.82 Å². The van der Waals surface area contributed by atoms with Crippen LogP contribution in [0.1, 0.15) is 44.1 Å². The van der Waals surface area contributed by atoms with E-state index in [9.17, 15) is 4.79 Å². The molecule has 1 saturated carbocycles. The highest BCUT2D eigenvalue weighted by molar-refractivity contribution is 6.08. The predicted molar refractivity (Wildman–Crippen MR) is 125 cm³/mol. The van der Waals surface area contributed by atoms with Crippen molar-refractivity contribution < 1.29 is 9.53 Å². The Morgan fingerprint density at radius 2 is 1.82 bits per heavy atom. The number of benzene rings is 2. The van der Waals surface area contributed by atoms with Crippen LogP contribution < -0.4 is 0 Å². The topological polar surface area (TPSA) is 96.4 Å². The lowest BCUT2D eigenvalue weighted by Crippen LogP contribution is -2.40. The summed E-state index contributed by atoms with van der Waals surface area (Å²) in [6.07, 6.45) is 5.49. The van der Waals surface area contributed by atoms with Crippen molar-refractivity contribution in [2.45, 2.75) is 50.6 Å². The third-order valence-electron chi connectivity index (χ3n) is 6.60. The summed E-state index contributed by atoms with van der Waals surface area (Å²) in [4.78, 5) is 20.3. The van der Waals surface area contributed by atoms with Crippen molar-refractivity contribution in [1.82, 2.24) is 25.5 Å². The van der Waals surface area contributed by atoms with Gasteiger partial charge in [-0.15, -0.1) is 10.2 Å². The molecule has 1 amide bonds. The van der Waals surface area contributed by atoms with Gasteiger partial charge in [-0.3, -0.25) is 14.7 Å². The van der Waals surface area contributed by atoms with Gasteiger partial charge >= 0.3 is 0 Å². The maximum atomic E-state index is 13.4. The third-order valence-corrected chi connectivity index (χ3v) is 6.60. The van der Waals surface area contributed by atoms with Gasteiger partial charge < -0.3 is 4.74 Å². The molecule has 1 fully saturated rings. The normalized spacial score (nSPS) is 17.2. The second kappa shape index (κ2) is 9.23. The van der Waals surface area contributed by atoms with Crippen molar-refractivity contribution in [3.05, 3.63) is 54.1 Å². The second-order valence-corrected chi connectivity index (χ2v) is 8.73. The average Bonchev–Trinajstić information content (AvgIpc) is 3.59. The lowest BCUT2D eigenvalue weighted by molar-refractivity contribution is -0.131. The molecule has 8 nitrogen and oxygen atoms in total. The molecule has 2 aliphatic rings. The van der Waals surface area contributed by atoms with Crippen molar-refractivity contribution in [2.75, 3.05) is 13.7 Å². The molecule has 0 bridgehead atoms. The number of hydrogen-bond donors (Lipinski definition) is 1. The molecule has 1 aliphatic heterocycles. The van der Waals surface area contributed by atoms with Crippen molar-refractivity contribution in [1.29, 1.82) is 0 Å². The number of hydrogen-bond acceptors (Lipinski definition) is 6. The van der Waals surface area contributed by atoms with E-state index < -0.39 is 5.54 Å². The number of amidine groups is 1. The standard InChI is InChI=1S/C25H28N6O2/c1-33-16-6-9-22-26-25(14-4-5-15-25)24(32)31(22)17-18-10-12-19(13-11-18)20-7-2-3-8-21(20)23-27-29-30-28-23/h2-3,7-8,10-13H,4-6,9,14-17H2,1H3,(H,27,28,29,30). The Morgan fingerprint density at radius 3 is 2.52 bits per heavy atom. The lowest BCUT2D eigenvalue weighted by atomic mass is 9.97. The van der Waals surface area contributed by atoms with Crippen molar-refractivity contribution in [3.8, 4) is 22.5 Å². The quantitative estimate of drug-likeness (QED) is 0.530. The smallest absolute Gasteiger partial charge is 0.256 e. The molecule has 2 heterocycles. The van der Waals surface area contributed by atoms with Gasteiger partial charge in [-0.2, -0.15) is 5.21 Å². The number of carbonyl (C=O) groups excluding carboxylic acids is 1. The Hall–Kier alpha value is -3.39. The summed E-state index contributed by atoms with van der Waals surface area (Å²) in [5, 5.41) is 14.5. The van der Waals surface area contributed by atoms with Gasteiger partial charge in [-0.1, -0.05) is 61.4 Å². The fourth-order valence-electron chi connectivity index (χ4n) is 4.92. The van der Waals surface area contributed by atoms with E-state index in [4.69, 9.17) is 9.73 Å². The molecule has 33 heavy (non-hydrogen) atoms. The van der Waals surface area contributed by atoms with Gasteiger partial charge in [0, 0.05) is 25.7 Å². The van der Waals surface area contributed by atoms with Crippen LogP contribution in [-0.4, -0.2) is 56.5 Å². The Bertz CT molecular complexity index is 1130. The Kier molecular flexibility index (Phi) is 6.00. The van der Waals surface area contributed by atoms with Crippen LogP contribution in [0.5, 0.6) is 0 Å². The minimum Gasteiger partial charge on any atom is -0.385 e. The third kappa shape index (κ3) is 4.18. The number of rotatable bonds is 8. The molecule has 1 aromatic heterocycles. The molecule has 0 unspecified atom stereocenters. The zero-order valence-corrected chi connectivity index (χ0v) is 18.8. The van der Waals surface area contributed by atoms with Gasteiger partial charge in [-0.25, -0.2) is 0 Å². The van der Waals surface area contributed by atoms with Crippen molar-refractivity contribution >= 4 is 11.7 Å². The van der Waals surface area contributed by atoms with E-state index in [0.29, 0.717) is 19.0 Å². The fourth-order valence-corrected chi connectivity index (χ4v) is 4.92. The summed E-state index contributed by atoms with van der Waals surface area (Å²) in [7, 11) is 1.70. The number of carbonyl (C=O) groups is 1. The minimum absolute atomic E-state index is 0.166. The average molecular weight is 445 g/mol. The monoisotopic (exact) mass is 444 g/mol. The van der Waals surface area contributed by atoms with E-state index in [2.05, 4.69) is 51.0 Å². The fraction of sp³-hybridized carbons (Fsp3) is 0.400. The minimum atomic E-state index is -0.522. The predicted octanol–water partition coefficient (Wildman–Crippen LogP) is 4.01. The molecule has 1 spiro atoms. The molecule has 5 rings (SSSR count).